The van der Waals surface area contributed by atoms with Crippen molar-refractivity contribution in [1.82, 2.24) is 19.8 Å². The lowest BCUT2D eigenvalue weighted by Crippen LogP contribution is -2.56. The molecule has 2 aromatic rings. The molecule has 0 saturated carbocycles. The van der Waals surface area contributed by atoms with E-state index in [0.717, 1.165) is 37.9 Å². The number of ether oxygens (including phenoxy) is 1. The third-order valence-electron chi connectivity index (χ3n) is 6.35. The van der Waals surface area contributed by atoms with E-state index in [2.05, 4.69) is 22.5 Å². The van der Waals surface area contributed by atoms with Gasteiger partial charge in [-0.05, 0) is 38.2 Å². The average Bonchev–Trinajstić information content (AvgIpc) is 3.29. The van der Waals surface area contributed by atoms with Gasteiger partial charge in [0.1, 0.15) is 12.6 Å². The van der Waals surface area contributed by atoms with Crippen molar-refractivity contribution in [3.63, 3.8) is 0 Å². The molecular formula is C26H38N6O4. The number of nitrogens with two attached hydrogens (primary N) is 1. The molecule has 10 heteroatoms. The van der Waals surface area contributed by atoms with Crippen LogP contribution in [0.3, 0.4) is 0 Å². The van der Waals surface area contributed by atoms with Gasteiger partial charge in [-0.3, -0.25) is 14.4 Å². The molecule has 1 aromatic carbocycles. The number of aromatic nitrogens is 2. The van der Waals surface area contributed by atoms with Crippen LogP contribution in [0.25, 0.3) is 0 Å². The lowest BCUT2D eigenvalue weighted by atomic mass is 9.94. The normalized spacial score (nSPS) is 15.4. The van der Waals surface area contributed by atoms with E-state index in [1.165, 1.54) is 6.33 Å². The lowest BCUT2D eigenvalue weighted by molar-refractivity contribution is -0.133. The molecule has 4 N–H and O–H groups in total. The van der Waals surface area contributed by atoms with E-state index in [1.54, 1.807) is 24.6 Å². The highest BCUT2D eigenvalue weighted by atomic mass is 16.5. The number of anilines is 1. The molecule has 1 aliphatic heterocycles. The third-order valence-corrected chi connectivity index (χ3v) is 6.35. The first-order valence-corrected chi connectivity index (χ1v) is 12.5. The predicted octanol–water partition coefficient (Wildman–Crippen LogP) is 1.91. The zero-order valence-electron chi connectivity index (χ0n) is 21.4. The quantitative estimate of drug-likeness (QED) is 0.434. The molecule has 1 atom stereocenters. The Hall–Kier alpha value is -3.24. The van der Waals surface area contributed by atoms with Gasteiger partial charge in [0.2, 0.25) is 11.8 Å². The zero-order valence-corrected chi connectivity index (χ0v) is 21.4. The largest absolute Gasteiger partial charge is 0.374 e. The lowest BCUT2D eigenvalue weighted by Gasteiger charge is -2.31. The Bertz CT molecular complexity index is 1010. The van der Waals surface area contributed by atoms with Crippen molar-refractivity contribution in [1.29, 1.82) is 0 Å². The Morgan fingerprint density at radius 1 is 1.19 bits per heavy atom. The summed E-state index contributed by atoms with van der Waals surface area (Å²) in [6.07, 6.45) is 6.33. The van der Waals surface area contributed by atoms with Crippen LogP contribution in [-0.4, -0.2) is 63.4 Å². The van der Waals surface area contributed by atoms with Crippen molar-refractivity contribution in [3.8, 4) is 0 Å². The highest BCUT2D eigenvalue weighted by Gasteiger charge is 2.29. The van der Waals surface area contributed by atoms with Crippen LogP contribution in [0.4, 0.5) is 5.82 Å². The molecule has 1 aromatic heterocycles. The number of nitrogens with one attached hydrogen (secondary N) is 2. The summed E-state index contributed by atoms with van der Waals surface area (Å²) in [7, 11) is 0. The number of amides is 3. The summed E-state index contributed by atoms with van der Waals surface area (Å²) in [5.74, 6) is 0.0446. The summed E-state index contributed by atoms with van der Waals surface area (Å²) in [4.78, 5) is 44.2. The molecule has 0 spiro atoms. The second-order valence-electron chi connectivity index (χ2n) is 9.90. The summed E-state index contributed by atoms with van der Waals surface area (Å²) in [5, 5.41) is 5.36. The van der Waals surface area contributed by atoms with E-state index in [9.17, 15) is 14.4 Å². The SMILES string of the molecule is CCC1CCN(C(=O)Cn2cnc(NC(=O)[C@@H](COCc3ccccc3)NC(=O)C(C)(C)N)c2)CC1. The maximum atomic E-state index is 13.0. The number of benzene rings is 1. The van der Waals surface area contributed by atoms with Crippen molar-refractivity contribution in [3.05, 3.63) is 48.4 Å². The molecule has 3 rings (SSSR count). The van der Waals surface area contributed by atoms with Crippen LogP contribution in [0.1, 0.15) is 45.6 Å². The molecule has 1 aliphatic rings. The van der Waals surface area contributed by atoms with Gasteiger partial charge in [0, 0.05) is 19.3 Å². The topological polar surface area (TPSA) is 132 Å². The molecule has 36 heavy (non-hydrogen) atoms. The summed E-state index contributed by atoms with van der Waals surface area (Å²) in [5.41, 5.74) is 5.68. The Morgan fingerprint density at radius 2 is 1.89 bits per heavy atom. The van der Waals surface area contributed by atoms with E-state index >= 15 is 0 Å². The number of likely N-dealkylation sites (tertiary alicyclic amines) is 1. The molecule has 0 aliphatic carbocycles. The van der Waals surface area contributed by atoms with Crippen LogP contribution in [-0.2, 0) is 32.3 Å². The van der Waals surface area contributed by atoms with E-state index in [1.807, 2.05) is 35.2 Å². The van der Waals surface area contributed by atoms with E-state index in [0.29, 0.717) is 12.5 Å². The standard InChI is InChI=1S/C26H38N6O4/c1-4-19-10-12-32(13-11-19)23(33)15-31-14-22(28-18-31)30-24(34)21(29-25(35)26(2,3)27)17-36-16-20-8-6-5-7-9-20/h5-9,14,18-19,21H,4,10-13,15-17,27H2,1-3H3,(H,29,35)(H,30,34)/t21-/m1/s1. The Morgan fingerprint density at radius 3 is 2.53 bits per heavy atom. The molecule has 3 amide bonds. The van der Waals surface area contributed by atoms with Crippen LogP contribution in [0, 0.1) is 5.92 Å². The molecule has 1 fully saturated rings. The van der Waals surface area contributed by atoms with E-state index in [4.69, 9.17) is 10.5 Å². The number of carbonyl (C=O) groups is 3. The first-order valence-electron chi connectivity index (χ1n) is 12.5. The molecule has 2 heterocycles. The van der Waals surface area contributed by atoms with Crippen molar-refractivity contribution >= 4 is 23.5 Å². The Kier molecular flexibility index (Phi) is 9.60. The van der Waals surface area contributed by atoms with Crippen LogP contribution >= 0.6 is 0 Å². The van der Waals surface area contributed by atoms with Crippen molar-refractivity contribution in [2.75, 3.05) is 25.0 Å². The Labute approximate surface area is 212 Å². The van der Waals surface area contributed by atoms with Crippen molar-refractivity contribution < 1.29 is 19.1 Å². The number of rotatable bonds is 11. The third kappa shape index (κ3) is 8.17. The molecule has 0 bridgehead atoms. The summed E-state index contributed by atoms with van der Waals surface area (Å²) >= 11 is 0. The van der Waals surface area contributed by atoms with Gasteiger partial charge in [0.25, 0.3) is 5.91 Å². The minimum atomic E-state index is -1.16. The molecule has 10 nitrogen and oxygen atoms in total. The second-order valence-corrected chi connectivity index (χ2v) is 9.90. The molecule has 196 valence electrons. The predicted molar refractivity (Wildman–Crippen MR) is 137 cm³/mol. The maximum Gasteiger partial charge on any atom is 0.250 e. The van der Waals surface area contributed by atoms with Gasteiger partial charge in [-0.1, -0.05) is 43.7 Å². The Balaban J connectivity index is 1.56. The van der Waals surface area contributed by atoms with Crippen LogP contribution < -0.4 is 16.4 Å². The van der Waals surface area contributed by atoms with Gasteiger partial charge in [-0.15, -0.1) is 0 Å². The summed E-state index contributed by atoms with van der Waals surface area (Å²) in [6.45, 7) is 7.26. The number of carbonyl (C=O) groups excluding carboxylic acids is 3. The zero-order chi connectivity index (χ0) is 26.1. The first kappa shape index (κ1) is 27.3. The molecule has 0 unspecified atom stereocenters. The second kappa shape index (κ2) is 12.6. The van der Waals surface area contributed by atoms with Crippen LogP contribution in [0.15, 0.2) is 42.9 Å². The van der Waals surface area contributed by atoms with Gasteiger partial charge in [0.15, 0.2) is 5.82 Å². The highest BCUT2D eigenvalue weighted by Crippen LogP contribution is 2.20. The van der Waals surface area contributed by atoms with Crippen molar-refractivity contribution in [2.45, 2.75) is 64.8 Å². The maximum absolute atomic E-state index is 13.0. The number of nitrogens with zero attached hydrogens (tertiary/aromatic N) is 3. The van der Waals surface area contributed by atoms with Gasteiger partial charge in [0.05, 0.1) is 25.1 Å². The average molecular weight is 499 g/mol. The molecule has 1 saturated heterocycles. The fraction of sp³-hybridized carbons (Fsp3) is 0.538. The fourth-order valence-electron chi connectivity index (χ4n) is 3.97. The smallest absolute Gasteiger partial charge is 0.250 e. The monoisotopic (exact) mass is 498 g/mol. The van der Waals surface area contributed by atoms with E-state index < -0.39 is 23.4 Å². The van der Waals surface area contributed by atoms with Gasteiger partial charge >= 0.3 is 0 Å². The van der Waals surface area contributed by atoms with Crippen molar-refractivity contribution in [2.24, 2.45) is 11.7 Å². The van der Waals surface area contributed by atoms with E-state index in [-0.39, 0.29) is 24.9 Å². The summed E-state index contributed by atoms with van der Waals surface area (Å²) < 4.78 is 7.35. The summed E-state index contributed by atoms with van der Waals surface area (Å²) in [6, 6.07) is 8.55. The minimum Gasteiger partial charge on any atom is -0.374 e. The number of hydrogen-bond acceptors (Lipinski definition) is 6. The molecular weight excluding hydrogens is 460 g/mol. The highest BCUT2D eigenvalue weighted by molar-refractivity contribution is 5.98. The van der Waals surface area contributed by atoms with Gasteiger partial charge in [-0.2, -0.15) is 0 Å². The van der Waals surface area contributed by atoms with Crippen LogP contribution in [0.5, 0.6) is 0 Å². The van der Waals surface area contributed by atoms with Gasteiger partial charge < -0.3 is 30.6 Å². The number of imidazole rings is 1. The van der Waals surface area contributed by atoms with Gasteiger partial charge in [-0.25, -0.2) is 4.98 Å². The van der Waals surface area contributed by atoms with Crippen LogP contribution in [0.2, 0.25) is 0 Å². The minimum absolute atomic E-state index is 0.0319. The number of piperidine rings is 1. The molecule has 0 radical (unpaired) electrons. The fourth-order valence-corrected chi connectivity index (χ4v) is 3.97. The first-order chi connectivity index (χ1) is 17.2. The number of hydrogen-bond donors (Lipinski definition) is 3.